The molecule has 0 radical (unpaired) electrons. The van der Waals surface area contributed by atoms with Crippen LogP contribution >= 0.6 is 0 Å². The van der Waals surface area contributed by atoms with Crippen molar-refractivity contribution < 1.29 is 35.1 Å². The van der Waals surface area contributed by atoms with E-state index in [1.54, 1.807) is 18.2 Å². The van der Waals surface area contributed by atoms with Crippen LogP contribution in [0.25, 0.3) is 0 Å². The van der Waals surface area contributed by atoms with Gasteiger partial charge in [-0.25, -0.2) is 16.8 Å². The van der Waals surface area contributed by atoms with Crippen LogP contribution in [0.1, 0.15) is 24.4 Å². The van der Waals surface area contributed by atoms with E-state index in [1.165, 1.54) is 18.5 Å². The fraction of sp³-hybridized carbons (Fsp3) is 0.368. The van der Waals surface area contributed by atoms with E-state index < -0.39 is 36.6 Å². The van der Waals surface area contributed by atoms with E-state index in [1.807, 2.05) is 0 Å². The average molecular weight is 462 g/mol. The summed E-state index contributed by atoms with van der Waals surface area (Å²) < 4.78 is 87.0. The van der Waals surface area contributed by atoms with Crippen LogP contribution in [-0.4, -0.2) is 47.7 Å². The molecule has 3 rings (SSSR count). The van der Waals surface area contributed by atoms with E-state index in [2.05, 4.69) is 0 Å². The molecule has 0 bridgehead atoms. The standard InChI is InChI=1S/C19H21F2NO6S2/c1-27-13-5-10-18(28-2)16(12-13)17-4-3-11-22(17)30(25,26)15-8-6-14(7-9-15)29(23,24)19(20)21/h5-10,12,17,19H,3-4,11H2,1-2H3/t17-/m0/s1. The number of sulfone groups is 1. The summed E-state index contributed by atoms with van der Waals surface area (Å²) in [6.45, 7) is 0.254. The van der Waals surface area contributed by atoms with Crippen molar-refractivity contribution in [2.75, 3.05) is 20.8 Å². The third-order valence-electron chi connectivity index (χ3n) is 4.99. The first-order chi connectivity index (χ1) is 14.1. The van der Waals surface area contributed by atoms with Crippen molar-refractivity contribution in [3.63, 3.8) is 0 Å². The fourth-order valence-electron chi connectivity index (χ4n) is 3.48. The number of rotatable bonds is 7. The van der Waals surface area contributed by atoms with Crippen LogP contribution in [0.2, 0.25) is 0 Å². The van der Waals surface area contributed by atoms with E-state index in [0.29, 0.717) is 29.9 Å². The van der Waals surface area contributed by atoms with Crippen LogP contribution in [0.3, 0.4) is 0 Å². The summed E-state index contributed by atoms with van der Waals surface area (Å²) in [5.41, 5.74) is 0.648. The van der Waals surface area contributed by atoms with E-state index in [4.69, 9.17) is 9.47 Å². The van der Waals surface area contributed by atoms with Gasteiger partial charge in [0.25, 0.3) is 0 Å². The number of nitrogens with zero attached hydrogens (tertiary/aromatic N) is 1. The minimum Gasteiger partial charge on any atom is -0.497 e. The molecule has 0 unspecified atom stereocenters. The second-order valence-electron chi connectivity index (χ2n) is 6.66. The summed E-state index contributed by atoms with van der Waals surface area (Å²) in [7, 11) is -5.82. The quantitative estimate of drug-likeness (QED) is 0.629. The van der Waals surface area contributed by atoms with E-state index in [9.17, 15) is 25.6 Å². The highest BCUT2D eigenvalue weighted by Crippen LogP contribution is 2.41. The number of methoxy groups -OCH3 is 2. The van der Waals surface area contributed by atoms with Crippen molar-refractivity contribution in [2.45, 2.75) is 34.4 Å². The molecule has 1 aliphatic heterocycles. The topological polar surface area (TPSA) is 90.0 Å². The number of benzene rings is 2. The Kier molecular flexibility index (Phi) is 6.34. The number of sulfonamides is 1. The largest absolute Gasteiger partial charge is 0.497 e. The lowest BCUT2D eigenvalue weighted by Crippen LogP contribution is -2.31. The Labute approximate surface area is 174 Å². The predicted octanol–water partition coefficient (Wildman–Crippen LogP) is 3.23. The van der Waals surface area contributed by atoms with Gasteiger partial charge < -0.3 is 9.47 Å². The fourth-order valence-corrected chi connectivity index (χ4v) is 5.87. The van der Waals surface area contributed by atoms with Crippen molar-refractivity contribution >= 4 is 19.9 Å². The number of hydrogen-bond donors (Lipinski definition) is 0. The summed E-state index contributed by atoms with van der Waals surface area (Å²) in [4.78, 5) is -0.812. The van der Waals surface area contributed by atoms with Crippen molar-refractivity contribution in [1.29, 1.82) is 0 Å². The van der Waals surface area contributed by atoms with Gasteiger partial charge in [0.1, 0.15) is 11.5 Å². The highest BCUT2D eigenvalue weighted by molar-refractivity contribution is 7.91. The maximum Gasteiger partial charge on any atom is 0.341 e. The predicted molar refractivity (Wildman–Crippen MR) is 105 cm³/mol. The lowest BCUT2D eigenvalue weighted by molar-refractivity contribution is 0.234. The van der Waals surface area contributed by atoms with Gasteiger partial charge in [0, 0.05) is 12.1 Å². The molecule has 0 amide bonds. The van der Waals surface area contributed by atoms with Crippen molar-refractivity contribution in [1.82, 2.24) is 4.31 Å². The smallest absolute Gasteiger partial charge is 0.341 e. The zero-order valence-corrected chi connectivity index (χ0v) is 17.9. The van der Waals surface area contributed by atoms with Crippen LogP contribution in [0.4, 0.5) is 8.78 Å². The second kappa shape index (κ2) is 8.48. The summed E-state index contributed by atoms with van der Waals surface area (Å²) >= 11 is 0. The van der Waals surface area contributed by atoms with Crippen LogP contribution in [0.15, 0.2) is 52.3 Å². The number of ether oxygens (including phenoxy) is 2. The summed E-state index contributed by atoms with van der Waals surface area (Å²) in [5, 5.41) is 0. The summed E-state index contributed by atoms with van der Waals surface area (Å²) in [5.74, 6) is -2.51. The maximum atomic E-state index is 13.2. The summed E-state index contributed by atoms with van der Waals surface area (Å²) in [6, 6.07) is 8.43. The van der Waals surface area contributed by atoms with E-state index in [-0.39, 0.29) is 11.4 Å². The van der Waals surface area contributed by atoms with Gasteiger partial charge >= 0.3 is 5.76 Å². The van der Waals surface area contributed by atoms with Gasteiger partial charge in [-0.1, -0.05) is 0 Å². The van der Waals surface area contributed by atoms with Gasteiger partial charge in [0.2, 0.25) is 19.9 Å². The molecule has 1 heterocycles. The van der Waals surface area contributed by atoms with Crippen molar-refractivity contribution in [3.8, 4) is 11.5 Å². The third-order valence-corrected chi connectivity index (χ3v) is 8.31. The first-order valence-electron chi connectivity index (χ1n) is 8.99. The normalized spacial score (nSPS) is 18.0. The molecule has 1 saturated heterocycles. The molecular formula is C19H21F2NO6S2. The molecule has 0 spiro atoms. The van der Waals surface area contributed by atoms with Gasteiger partial charge in [-0.05, 0) is 55.3 Å². The average Bonchev–Trinajstić information content (AvgIpc) is 3.24. The first-order valence-corrected chi connectivity index (χ1v) is 12.0. The number of halogens is 2. The molecule has 1 atom stereocenters. The monoisotopic (exact) mass is 461 g/mol. The molecule has 11 heteroatoms. The molecule has 0 aliphatic carbocycles. The Morgan fingerprint density at radius 1 is 0.967 bits per heavy atom. The molecule has 2 aromatic rings. The second-order valence-corrected chi connectivity index (χ2v) is 10.5. The Balaban J connectivity index is 1.98. The summed E-state index contributed by atoms with van der Waals surface area (Å²) in [6.07, 6.45) is 1.17. The molecule has 164 valence electrons. The molecule has 7 nitrogen and oxygen atoms in total. The minimum atomic E-state index is -4.80. The molecule has 0 aromatic heterocycles. The van der Waals surface area contributed by atoms with Crippen LogP contribution in [0.5, 0.6) is 11.5 Å². The SMILES string of the molecule is COc1ccc(OC)c([C@@H]2CCCN2S(=O)(=O)c2ccc(S(=O)(=O)C(F)F)cc2)c1. The van der Waals surface area contributed by atoms with Crippen molar-refractivity contribution in [3.05, 3.63) is 48.0 Å². The van der Waals surface area contributed by atoms with E-state index in [0.717, 1.165) is 24.3 Å². The molecule has 30 heavy (non-hydrogen) atoms. The van der Waals surface area contributed by atoms with Crippen LogP contribution in [0, 0.1) is 0 Å². The molecule has 2 aromatic carbocycles. The lowest BCUT2D eigenvalue weighted by atomic mass is 10.0. The minimum absolute atomic E-state index is 0.176. The molecule has 0 N–H and O–H groups in total. The lowest BCUT2D eigenvalue weighted by Gasteiger charge is -2.26. The van der Waals surface area contributed by atoms with Gasteiger partial charge in [-0.3, -0.25) is 0 Å². The highest BCUT2D eigenvalue weighted by Gasteiger charge is 2.38. The molecule has 1 fully saturated rings. The zero-order valence-electron chi connectivity index (χ0n) is 16.3. The Hall–Kier alpha value is -2.24. The van der Waals surface area contributed by atoms with Crippen LogP contribution < -0.4 is 9.47 Å². The van der Waals surface area contributed by atoms with Gasteiger partial charge in [-0.15, -0.1) is 0 Å². The van der Waals surface area contributed by atoms with Gasteiger partial charge in [0.05, 0.1) is 30.1 Å². The molecule has 0 saturated carbocycles. The Bertz CT molecular complexity index is 1120. The maximum absolute atomic E-state index is 13.2. The number of alkyl halides is 2. The molecule has 1 aliphatic rings. The number of hydrogen-bond acceptors (Lipinski definition) is 6. The Morgan fingerprint density at radius 3 is 2.17 bits per heavy atom. The zero-order chi connectivity index (χ0) is 22.1. The Morgan fingerprint density at radius 2 is 1.60 bits per heavy atom. The first kappa shape index (κ1) is 22.4. The van der Waals surface area contributed by atoms with E-state index >= 15 is 0 Å². The van der Waals surface area contributed by atoms with Crippen LogP contribution in [-0.2, 0) is 19.9 Å². The highest BCUT2D eigenvalue weighted by atomic mass is 32.2. The third kappa shape index (κ3) is 4.01. The van der Waals surface area contributed by atoms with Gasteiger partial charge in [-0.2, -0.15) is 13.1 Å². The van der Waals surface area contributed by atoms with Crippen molar-refractivity contribution in [2.24, 2.45) is 0 Å². The van der Waals surface area contributed by atoms with Gasteiger partial charge in [0.15, 0.2) is 0 Å². The molecular weight excluding hydrogens is 440 g/mol.